The van der Waals surface area contributed by atoms with Crippen molar-refractivity contribution in [2.45, 2.75) is 4.90 Å². The summed E-state index contributed by atoms with van der Waals surface area (Å²) in [5, 5.41) is 12.7. The highest BCUT2D eigenvalue weighted by molar-refractivity contribution is 8.02. The van der Waals surface area contributed by atoms with E-state index in [2.05, 4.69) is 0 Å². The second kappa shape index (κ2) is 6.02. The molecule has 0 aliphatic rings. The van der Waals surface area contributed by atoms with Crippen LogP contribution >= 0.6 is 11.8 Å². The van der Waals surface area contributed by atoms with E-state index in [1.165, 1.54) is 17.8 Å². The topological polar surface area (TPSA) is 43.1 Å². The summed E-state index contributed by atoms with van der Waals surface area (Å²) in [6.45, 7) is 0. The molecule has 0 aliphatic carbocycles. The van der Waals surface area contributed by atoms with Crippen molar-refractivity contribution in [2.75, 3.05) is 0 Å². The Morgan fingerprint density at radius 1 is 1.00 bits per heavy atom. The van der Waals surface area contributed by atoms with Crippen LogP contribution in [0.25, 0.3) is 6.08 Å². The van der Waals surface area contributed by atoms with Crippen LogP contribution in [-0.2, 0) is 0 Å². The van der Waals surface area contributed by atoms with E-state index in [1.807, 2.05) is 41.8 Å². The third kappa shape index (κ3) is 3.21. The van der Waals surface area contributed by atoms with Crippen molar-refractivity contribution in [3.8, 4) is 0 Å². The van der Waals surface area contributed by atoms with E-state index in [4.69, 9.17) is 0 Å². The highest BCUT2D eigenvalue weighted by Crippen LogP contribution is 2.29. The molecule has 0 unspecified atom stereocenters. The molecule has 2 aromatic rings. The summed E-state index contributed by atoms with van der Waals surface area (Å²) < 4.78 is 0. The summed E-state index contributed by atoms with van der Waals surface area (Å²) in [6.07, 6.45) is 1.93. The Morgan fingerprint density at radius 3 is 2.39 bits per heavy atom. The minimum absolute atomic E-state index is 0.139. The zero-order valence-electron chi connectivity index (χ0n) is 9.52. The van der Waals surface area contributed by atoms with Crippen molar-refractivity contribution in [3.05, 3.63) is 75.7 Å². The molecule has 0 spiro atoms. The van der Waals surface area contributed by atoms with Crippen LogP contribution in [0.15, 0.2) is 64.9 Å². The van der Waals surface area contributed by atoms with Crippen LogP contribution in [0, 0.1) is 10.1 Å². The van der Waals surface area contributed by atoms with Crippen molar-refractivity contribution >= 4 is 23.5 Å². The van der Waals surface area contributed by atoms with E-state index < -0.39 is 0 Å². The summed E-state index contributed by atoms with van der Waals surface area (Å²) in [6, 6.07) is 16.6. The second-order valence-corrected chi connectivity index (χ2v) is 4.50. The lowest BCUT2D eigenvalue weighted by atomic mass is 10.2. The first-order chi connectivity index (χ1) is 8.77. The maximum Gasteiger partial charge on any atom is 0.283 e. The van der Waals surface area contributed by atoms with E-state index in [0.29, 0.717) is 4.90 Å². The number of nitro groups is 1. The molecule has 3 nitrogen and oxygen atoms in total. The minimum Gasteiger partial charge on any atom is -0.258 e. The molecule has 0 amide bonds. The second-order valence-electron chi connectivity index (χ2n) is 3.56. The molecule has 0 atom stereocenters. The van der Waals surface area contributed by atoms with Gasteiger partial charge in [-0.25, -0.2) is 0 Å². The summed E-state index contributed by atoms with van der Waals surface area (Å²) >= 11 is 1.35. The van der Waals surface area contributed by atoms with Crippen LogP contribution in [0.5, 0.6) is 0 Å². The molecule has 0 aliphatic heterocycles. The van der Waals surface area contributed by atoms with Crippen molar-refractivity contribution in [1.82, 2.24) is 0 Å². The zero-order chi connectivity index (χ0) is 12.8. The number of nitrogens with zero attached hydrogens (tertiary/aromatic N) is 1. The van der Waals surface area contributed by atoms with Crippen molar-refractivity contribution in [2.24, 2.45) is 0 Å². The summed E-state index contributed by atoms with van der Waals surface area (Å²) in [4.78, 5) is 11.1. The van der Waals surface area contributed by atoms with E-state index in [9.17, 15) is 10.1 Å². The fourth-order valence-electron chi connectivity index (χ4n) is 1.46. The highest BCUT2D eigenvalue weighted by Gasteiger charge is 2.10. The number of benzene rings is 2. The highest BCUT2D eigenvalue weighted by atomic mass is 32.2. The number of para-hydroxylation sites is 1. The lowest BCUT2D eigenvalue weighted by Gasteiger charge is -1.98. The summed E-state index contributed by atoms with van der Waals surface area (Å²) in [5.41, 5.74) is 1.21. The van der Waals surface area contributed by atoms with Crippen LogP contribution in [0.3, 0.4) is 0 Å². The molecular formula is C14H11NO2S. The SMILES string of the molecule is O=[N+]([O-])c1ccccc1SC=Cc1ccccc1. The first kappa shape index (κ1) is 12.4. The van der Waals surface area contributed by atoms with Gasteiger partial charge in [0.15, 0.2) is 0 Å². The van der Waals surface area contributed by atoms with Gasteiger partial charge < -0.3 is 0 Å². The molecule has 0 saturated carbocycles. The average molecular weight is 257 g/mol. The Balaban J connectivity index is 2.11. The van der Waals surface area contributed by atoms with E-state index in [1.54, 1.807) is 18.2 Å². The van der Waals surface area contributed by atoms with Crippen LogP contribution in [0.4, 0.5) is 5.69 Å². The first-order valence-corrected chi connectivity index (χ1v) is 6.27. The van der Waals surface area contributed by atoms with Gasteiger partial charge in [0, 0.05) is 6.07 Å². The van der Waals surface area contributed by atoms with Gasteiger partial charge in [0.2, 0.25) is 0 Å². The van der Waals surface area contributed by atoms with E-state index >= 15 is 0 Å². The Labute approximate surface area is 109 Å². The normalized spacial score (nSPS) is 10.7. The quantitative estimate of drug-likeness (QED) is 0.464. The van der Waals surface area contributed by atoms with Crippen LogP contribution in [0.1, 0.15) is 5.56 Å². The van der Waals surface area contributed by atoms with Gasteiger partial charge in [0.05, 0.1) is 9.82 Å². The number of thioether (sulfide) groups is 1. The number of nitro benzene ring substituents is 1. The molecule has 0 fully saturated rings. The van der Waals surface area contributed by atoms with Gasteiger partial charge in [0.1, 0.15) is 0 Å². The fraction of sp³-hybridized carbons (Fsp3) is 0. The molecule has 0 bridgehead atoms. The van der Waals surface area contributed by atoms with Crippen LogP contribution in [0.2, 0.25) is 0 Å². The Bertz CT molecular complexity index is 567. The molecule has 90 valence electrons. The van der Waals surface area contributed by atoms with Gasteiger partial charge in [-0.05, 0) is 23.1 Å². The predicted molar refractivity (Wildman–Crippen MR) is 74.4 cm³/mol. The van der Waals surface area contributed by atoms with Crippen molar-refractivity contribution in [3.63, 3.8) is 0 Å². The molecule has 0 heterocycles. The van der Waals surface area contributed by atoms with Gasteiger partial charge in [-0.3, -0.25) is 10.1 Å². The number of rotatable bonds is 4. The first-order valence-electron chi connectivity index (χ1n) is 5.39. The lowest BCUT2D eigenvalue weighted by Crippen LogP contribution is -1.88. The molecule has 0 N–H and O–H groups in total. The maximum atomic E-state index is 10.8. The molecule has 2 rings (SSSR count). The molecule has 0 radical (unpaired) electrons. The van der Waals surface area contributed by atoms with E-state index in [0.717, 1.165) is 5.56 Å². The zero-order valence-corrected chi connectivity index (χ0v) is 10.3. The average Bonchev–Trinajstić information content (AvgIpc) is 2.40. The molecule has 0 saturated heterocycles. The fourth-order valence-corrected chi connectivity index (χ4v) is 2.25. The number of hydrogen-bond acceptors (Lipinski definition) is 3. The third-order valence-electron chi connectivity index (χ3n) is 2.32. The van der Waals surface area contributed by atoms with Gasteiger partial charge in [0.25, 0.3) is 5.69 Å². The van der Waals surface area contributed by atoms with Crippen LogP contribution in [-0.4, -0.2) is 4.92 Å². The summed E-state index contributed by atoms with van der Waals surface area (Å²) in [7, 11) is 0. The lowest BCUT2D eigenvalue weighted by molar-refractivity contribution is -0.387. The molecule has 0 aromatic heterocycles. The van der Waals surface area contributed by atoms with E-state index in [-0.39, 0.29) is 10.6 Å². The Morgan fingerprint density at radius 2 is 1.67 bits per heavy atom. The number of hydrogen-bond donors (Lipinski definition) is 0. The predicted octanol–water partition coefficient (Wildman–Crippen LogP) is 4.36. The van der Waals surface area contributed by atoms with Crippen molar-refractivity contribution < 1.29 is 4.92 Å². The minimum atomic E-state index is -0.362. The van der Waals surface area contributed by atoms with Gasteiger partial charge >= 0.3 is 0 Å². The largest absolute Gasteiger partial charge is 0.283 e. The standard InChI is InChI=1S/C14H11NO2S/c16-15(17)13-8-4-5-9-14(13)18-11-10-12-6-2-1-3-7-12/h1-11H. The molecule has 18 heavy (non-hydrogen) atoms. The van der Waals surface area contributed by atoms with Crippen LogP contribution < -0.4 is 0 Å². The van der Waals surface area contributed by atoms with Gasteiger partial charge in [-0.15, -0.1) is 0 Å². The summed E-state index contributed by atoms with van der Waals surface area (Å²) in [5.74, 6) is 0. The molecule has 2 aromatic carbocycles. The molecular weight excluding hydrogens is 246 g/mol. The third-order valence-corrected chi connectivity index (χ3v) is 3.19. The monoisotopic (exact) mass is 257 g/mol. The van der Waals surface area contributed by atoms with Crippen molar-refractivity contribution in [1.29, 1.82) is 0 Å². The van der Waals surface area contributed by atoms with Gasteiger partial charge in [-0.2, -0.15) is 0 Å². The smallest absolute Gasteiger partial charge is 0.258 e. The Kier molecular flexibility index (Phi) is 4.15. The maximum absolute atomic E-state index is 10.8. The molecule has 4 heteroatoms. The Hall–Kier alpha value is -2.07. The van der Waals surface area contributed by atoms with Gasteiger partial charge in [-0.1, -0.05) is 54.2 Å².